The molecule has 0 fully saturated rings. The standard InChI is InChI=1S/C14H17ClN2O/c1-4-17(5-2)14(18)13-9(3)16-12-7-6-10(15)8-11(12)13/h6-8,16H,4-5H2,1-3H3. The number of benzene rings is 1. The Balaban J connectivity index is 2.59. The molecule has 1 aromatic carbocycles. The number of halogens is 1. The number of aromatic nitrogens is 1. The van der Waals surface area contributed by atoms with Gasteiger partial charge in [0.2, 0.25) is 0 Å². The van der Waals surface area contributed by atoms with Gasteiger partial charge in [-0.1, -0.05) is 11.6 Å². The van der Waals surface area contributed by atoms with Gasteiger partial charge in [-0.15, -0.1) is 0 Å². The minimum absolute atomic E-state index is 0.0611. The molecule has 0 aliphatic rings. The summed E-state index contributed by atoms with van der Waals surface area (Å²) >= 11 is 6.01. The third-order valence-corrected chi connectivity index (χ3v) is 3.45. The predicted molar refractivity (Wildman–Crippen MR) is 75.3 cm³/mol. The molecule has 0 aliphatic carbocycles. The van der Waals surface area contributed by atoms with E-state index in [-0.39, 0.29) is 5.91 Å². The van der Waals surface area contributed by atoms with E-state index >= 15 is 0 Å². The summed E-state index contributed by atoms with van der Waals surface area (Å²) in [6.45, 7) is 7.31. The number of nitrogens with zero attached hydrogens (tertiary/aromatic N) is 1. The van der Waals surface area contributed by atoms with Crippen molar-refractivity contribution in [2.45, 2.75) is 20.8 Å². The minimum atomic E-state index is 0.0611. The lowest BCUT2D eigenvalue weighted by atomic mass is 10.1. The van der Waals surface area contributed by atoms with Crippen LogP contribution in [0, 0.1) is 6.92 Å². The van der Waals surface area contributed by atoms with E-state index in [2.05, 4.69) is 4.98 Å². The van der Waals surface area contributed by atoms with Crippen LogP contribution in [0.25, 0.3) is 10.9 Å². The second-order valence-corrected chi connectivity index (χ2v) is 4.73. The van der Waals surface area contributed by atoms with Crippen molar-refractivity contribution in [3.8, 4) is 0 Å². The number of carbonyl (C=O) groups is 1. The largest absolute Gasteiger partial charge is 0.358 e. The van der Waals surface area contributed by atoms with Crippen molar-refractivity contribution in [3.63, 3.8) is 0 Å². The fourth-order valence-electron chi connectivity index (χ4n) is 2.24. The summed E-state index contributed by atoms with van der Waals surface area (Å²) in [4.78, 5) is 17.5. The number of hydrogen-bond acceptors (Lipinski definition) is 1. The van der Waals surface area contributed by atoms with Crippen molar-refractivity contribution >= 4 is 28.4 Å². The zero-order valence-electron chi connectivity index (χ0n) is 10.9. The van der Waals surface area contributed by atoms with Crippen LogP contribution in [0.1, 0.15) is 29.9 Å². The monoisotopic (exact) mass is 264 g/mol. The summed E-state index contributed by atoms with van der Waals surface area (Å²) in [7, 11) is 0. The third-order valence-electron chi connectivity index (χ3n) is 3.21. The lowest BCUT2D eigenvalue weighted by Gasteiger charge is -2.18. The molecule has 0 bridgehead atoms. The Morgan fingerprint density at radius 2 is 2.00 bits per heavy atom. The fourth-order valence-corrected chi connectivity index (χ4v) is 2.42. The maximum absolute atomic E-state index is 12.5. The number of aryl methyl sites for hydroxylation is 1. The molecule has 1 amide bonds. The molecule has 0 spiro atoms. The number of H-pyrrole nitrogens is 1. The summed E-state index contributed by atoms with van der Waals surface area (Å²) < 4.78 is 0. The summed E-state index contributed by atoms with van der Waals surface area (Å²) in [5.41, 5.74) is 2.58. The number of rotatable bonds is 3. The average molecular weight is 265 g/mol. The second-order valence-electron chi connectivity index (χ2n) is 4.29. The van der Waals surface area contributed by atoms with Crippen LogP contribution in [0.15, 0.2) is 18.2 Å². The Morgan fingerprint density at radius 3 is 2.61 bits per heavy atom. The van der Waals surface area contributed by atoms with Crippen LogP contribution in [-0.4, -0.2) is 28.9 Å². The molecule has 0 atom stereocenters. The molecule has 0 saturated heterocycles. The van der Waals surface area contributed by atoms with Gasteiger partial charge in [-0.3, -0.25) is 4.79 Å². The smallest absolute Gasteiger partial charge is 0.256 e. The number of carbonyl (C=O) groups excluding carboxylic acids is 1. The van der Waals surface area contributed by atoms with E-state index in [1.54, 1.807) is 0 Å². The maximum Gasteiger partial charge on any atom is 0.256 e. The molecule has 0 aliphatic heterocycles. The first kappa shape index (κ1) is 13.0. The van der Waals surface area contributed by atoms with Gasteiger partial charge in [0.15, 0.2) is 0 Å². The van der Waals surface area contributed by atoms with E-state index < -0.39 is 0 Å². The Bertz CT molecular complexity index is 585. The Morgan fingerprint density at radius 1 is 1.33 bits per heavy atom. The van der Waals surface area contributed by atoms with Gasteiger partial charge in [0, 0.05) is 34.7 Å². The van der Waals surface area contributed by atoms with Crippen LogP contribution in [0.4, 0.5) is 0 Å². The molecular weight excluding hydrogens is 248 g/mol. The fraction of sp³-hybridized carbons (Fsp3) is 0.357. The summed E-state index contributed by atoms with van der Waals surface area (Å²) in [6.07, 6.45) is 0. The second kappa shape index (κ2) is 5.02. The Kier molecular flexibility index (Phi) is 3.62. The van der Waals surface area contributed by atoms with E-state index in [0.717, 1.165) is 22.2 Å². The van der Waals surface area contributed by atoms with Crippen LogP contribution in [0.3, 0.4) is 0 Å². The van der Waals surface area contributed by atoms with Gasteiger partial charge in [-0.2, -0.15) is 0 Å². The molecule has 18 heavy (non-hydrogen) atoms. The van der Waals surface area contributed by atoms with E-state index in [1.165, 1.54) is 0 Å². The molecule has 1 aromatic heterocycles. The number of aromatic amines is 1. The molecule has 1 heterocycles. The normalized spacial score (nSPS) is 10.9. The van der Waals surface area contributed by atoms with Gasteiger partial charge in [0.05, 0.1) is 5.56 Å². The molecule has 2 aromatic rings. The number of hydrogen-bond donors (Lipinski definition) is 1. The number of nitrogens with one attached hydrogen (secondary N) is 1. The highest BCUT2D eigenvalue weighted by Gasteiger charge is 2.20. The van der Waals surface area contributed by atoms with E-state index in [4.69, 9.17) is 11.6 Å². The van der Waals surface area contributed by atoms with E-state index in [1.807, 2.05) is 43.9 Å². The van der Waals surface area contributed by atoms with Gasteiger partial charge >= 0.3 is 0 Å². The quantitative estimate of drug-likeness (QED) is 0.903. The first-order valence-electron chi connectivity index (χ1n) is 6.15. The molecular formula is C14H17ClN2O. The van der Waals surface area contributed by atoms with Crippen LogP contribution < -0.4 is 0 Å². The average Bonchev–Trinajstić information content (AvgIpc) is 2.65. The molecule has 0 unspecified atom stereocenters. The van der Waals surface area contributed by atoms with Crippen molar-refractivity contribution in [1.82, 2.24) is 9.88 Å². The lowest BCUT2D eigenvalue weighted by molar-refractivity contribution is 0.0774. The Labute approximate surface area is 112 Å². The maximum atomic E-state index is 12.5. The first-order chi connectivity index (χ1) is 8.58. The van der Waals surface area contributed by atoms with Crippen LogP contribution >= 0.6 is 11.6 Å². The molecule has 2 rings (SSSR count). The van der Waals surface area contributed by atoms with Crippen molar-refractivity contribution in [2.24, 2.45) is 0 Å². The van der Waals surface area contributed by atoms with Crippen molar-refractivity contribution in [1.29, 1.82) is 0 Å². The van der Waals surface area contributed by atoms with Crippen LogP contribution in [0.5, 0.6) is 0 Å². The van der Waals surface area contributed by atoms with Gasteiger partial charge in [-0.25, -0.2) is 0 Å². The van der Waals surface area contributed by atoms with Crippen molar-refractivity contribution in [2.75, 3.05) is 13.1 Å². The van der Waals surface area contributed by atoms with E-state index in [0.29, 0.717) is 18.1 Å². The highest BCUT2D eigenvalue weighted by molar-refractivity contribution is 6.31. The molecule has 0 radical (unpaired) electrons. The third kappa shape index (κ3) is 2.10. The zero-order chi connectivity index (χ0) is 13.3. The summed E-state index contributed by atoms with van der Waals surface area (Å²) in [5.74, 6) is 0.0611. The SMILES string of the molecule is CCN(CC)C(=O)c1c(C)[nH]c2ccc(Cl)cc12. The van der Waals surface area contributed by atoms with Crippen molar-refractivity contribution < 1.29 is 4.79 Å². The highest BCUT2D eigenvalue weighted by atomic mass is 35.5. The number of amides is 1. The first-order valence-corrected chi connectivity index (χ1v) is 6.53. The molecule has 96 valence electrons. The topological polar surface area (TPSA) is 36.1 Å². The van der Waals surface area contributed by atoms with E-state index in [9.17, 15) is 4.79 Å². The van der Waals surface area contributed by atoms with Crippen LogP contribution in [-0.2, 0) is 0 Å². The zero-order valence-corrected chi connectivity index (χ0v) is 11.6. The predicted octanol–water partition coefficient (Wildman–Crippen LogP) is 3.61. The van der Waals surface area contributed by atoms with Gasteiger partial charge in [-0.05, 0) is 39.0 Å². The molecule has 1 N–H and O–H groups in total. The highest BCUT2D eigenvalue weighted by Crippen LogP contribution is 2.26. The minimum Gasteiger partial charge on any atom is -0.358 e. The molecule has 4 heteroatoms. The van der Waals surface area contributed by atoms with Gasteiger partial charge < -0.3 is 9.88 Å². The summed E-state index contributed by atoms with van der Waals surface area (Å²) in [5, 5.41) is 1.55. The van der Waals surface area contributed by atoms with Gasteiger partial charge in [0.25, 0.3) is 5.91 Å². The van der Waals surface area contributed by atoms with Crippen LogP contribution in [0.2, 0.25) is 5.02 Å². The molecule has 0 saturated carbocycles. The number of fused-ring (bicyclic) bond motifs is 1. The Hall–Kier alpha value is -1.48. The lowest BCUT2D eigenvalue weighted by Crippen LogP contribution is -2.30. The molecule has 3 nitrogen and oxygen atoms in total. The van der Waals surface area contributed by atoms with Crippen molar-refractivity contribution in [3.05, 3.63) is 34.5 Å². The van der Waals surface area contributed by atoms with Gasteiger partial charge in [0.1, 0.15) is 0 Å². The summed E-state index contributed by atoms with van der Waals surface area (Å²) in [6, 6.07) is 5.58.